The lowest BCUT2D eigenvalue weighted by Gasteiger charge is -2.30. The molecule has 2 heterocycles. The van der Waals surface area contributed by atoms with Gasteiger partial charge in [-0.1, -0.05) is 0 Å². The molecule has 1 aliphatic rings. The number of pyridine rings is 1. The summed E-state index contributed by atoms with van der Waals surface area (Å²) in [5, 5.41) is 9.25. The fraction of sp³-hybridized carbons (Fsp3) is 0.368. The number of rotatable bonds is 6. The zero-order valence-electron chi connectivity index (χ0n) is 14.8. The van der Waals surface area contributed by atoms with Crippen LogP contribution in [0.5, 0.6) is 11.5 Å². The standard InChI is InChI=1S/C19H22N2O5/c1-3-25-17-6-11-5-12(9-20)21-10-14(19(23)24)16(22)8-15(21)13(11)7-18(17)26-4-2/h6-8,10,12H,3-5,9,20H2,1-2H3,(H,23,24). The topological polar surface area (TPSA) is 104 Å². The van der Waals surface area contributed by atoms with Gasteiger partial charge in [0.2, 0.25) is 0 Å². The Bertz CT molecular complexity index is 904. The highest BCUT2D eigenvalue weighted by Gasteiger charge is 2.27. The van der Waals surface area contributed by atoms with Crippen molar-refractivity contribution in [1.29, 1.82) is 0 Å². The van der Waals surface area contributed by atoms with Gasteiger partial charge >= 0.3 is 5.97 Å². The Morgan fingerprint density at radius 3 is 2.46 bits per heavy atom. The van der Waals surface area contributed by atoms with E-state index in [-0.39, 0.29) is 11.6 Å². The highest BCUT2D eigenvalue weighted by molar-refractivity contribution is 5.87. The van der Waals surface area contributed by atoms with Gasteiger partial charge in [-0.15, -0.1) is 0 Å². The Morgan fingerprint density at radius 2 is 1.88 bits per heavy atom. The van der Waals surface area contributed by atoms with E-state index in [2.05, 4.69) is 0 Å². The quantitative estimate of drug-likeness (QED) is 0.819. The van der Waals surface area contributed by atoms with Gasteiger partial charge < -0.3 is 24.9 Å². The average molecular weight is 358 g/mol. The second-order valence-electron chi connectivity index (χ2n) is 6.06. The van der Waals surface area contributed by atoms with Crippen molar-refractivity contribution in [3.8, 4) is 22.8 Å². The third-order valence-electron chi connectivity index (χ3n) is 4.48. The summed E-state index contributed by atoms with van der Waals surface area (Å²) in [6.07, 6.45) is 2.00. The number of carboxylic acid groups (broad SMARTS) is 1. The van der Waals surface area contributed by atoms with Crippen LogP contribution >= 0.6 is 0 Å². The second-order valence-corrected chi connectivity index (χ2v) is 6.06. The van der Waals surface area contributed by atoms with Crippen LogP contribution < -0.4 is 20.6 Å². The number of fused-ring (bicyclic) bond motifs is 3. The van der Waals surface area contributed by atoms with E-state index in [1.807, 2.05) is 26.0 Å². The summed E-state index contributed by atoms with van der Waals surface area (Å²) in [6.45, 7) is 5.11. The van der Waals surface area contributed by atoms with Crippen LogP contribution in [0.4, 0.5) is 0 Å². The Hall–Kier alpha value is -2.80. The first-order valence-electron chi connectivity index (χ1n) is 8.62. The molecule has 3 N–H and O–H groups in total. The van der Waals surface area contributed by atoms with Crippen LogP contribution in [0.25, 0.3) is 11.3 Å². The van der Waals surface area contributed by atoms with Crippen LogP contribution in [0.15, 0.2) is 29.2 Å². The fourth-order valence-electron chi connectivity index (χ4n) is 3.32. The molecule has 0 bridgehead atoms. The molecule has 0 radical (unpaired) electrons. The predicted octanol–water partition coefficient (Wildman–Crippen LogP) is 2.07. The molecule has 1 aromatic heterocycles. The summed E-state index contributed by atoms with van der Waals surface area (Å²) in [5.41, 5.74) is 7.59. The van der Waals surface area contributed by atoms with Crippen molar-refractivity contribution in [2.45, 2.75) is 26.3 Å². The van der Waals surface area contributed by atoms with Crippen LogP contribution in [0, 0.1) is 0 Å². The minimum atomic E-state index is -1.24. The number of hydrogen-bond acceptors (Lipinski definition) is 5. The van der Waals surface area contributed by atoms with Gasteiger partial charge in [0, 0.05) is 30.4 Å². The molecule has 0 saturated heterocycles. The smallest absolute Gasteiger partial charge is 0.341 e. The van der Waals surface area contributed by atoms with Gasteiger partial charge in [0.15, 0.2) is 16.9 Å². The number of nitrogens with two attached hydrogens (primary N) is 1. The van der Waals surface area contributed by atoms with Crippen LogP contribution in [-0.2, 0) is 6.42 Å². The number of aromatic nitrogens is 1. The monoisotopic (exact) mass is 358 g/mol. The molecule has 0 amide bonds. The molecule has 0 fully saturated rings. The summed E-state index contributed by atoms with van der Waals surface area (Å²) >= 11 is 0. The number of carbonyl (C=O) groups is 1. The van der Waals surface area contributed by atoms with E-state index in [0.717, 1.165) is 11.1 Å². The molecule has 2 aromatic rings. The number of ether oxygens (including phenoxy) is 2. The van der Waals surface area contributed by atoms with Crippen molar-refractivity contribution in [3.05, 3.63) is 45.7 Å². The highest BCUT2D eigenvalue weighted by atomic mass is 16.5. The van der Waals surface area contributed by atoms with E-state index >= 15 is 0 Å². The zero-order valence-corrected chi connectivity index (χ0v) is 14.8. The maximum Gasteiger partial charge on any atom is 0.341 e. The summed E-state index contributed by atoms with van der Waals surface area (Å²) in [5.74, 6) is 0.0102. The number of benzene rings is 1. The normalized spacial score (nSPS) is 15.1. The van der Waals surface area contributed by atoms with E-state index in [9.17, 15) is 14.7 Å². The van der Waals surface area contributed by atoms with E-state index in [1.54, 1.807) is 4.57 Å². The van der Waals surface area contributed by atoms with E-state index in [1.165, 1.54) is 12.3 Å². The Labute approximate surface area is 151 Å². The maximum absolute atomic E-state index is 12.2. The molecule has 1 unspecified atom stereocenters. The van der Waals surface area contributed by atoms with E-state index < -0.39 is 11.4 Å². The molecule has 0 spiro atoms. The molecule has 7 nitrogen and oxygen atoms in total. The van der Waals surface area contributed by atoms with Crippen LogP contribution in [0.2, 0.25) is 0 Å². The van der Waals surface area contributed by atoms with Gasteiger partial charge in [-0.25, -0.2) is 4.79 Å². The first-order valence-corrected chi connectivity index (χ1v) is 8.62. The fourth-order valence-corrected chi connectivity index (χ4v) is 3.32. The molecule has 1 atom stereocenters. The summed E-state index contributed by atoms with van der Waals surface area (Å²) in [7, 11) is 0. The molecule has 1 aromatic carbocycles. The van der Waals surface area contributed by atoms with Gasteiger partial charge in [0.05, 0.1) is 18.9 Å². The van der Waals surface area contributed by atoms with Gasteiger partial charge in [-0.3, -0.25) is 4.79 Å². The van der Waals surface area contributed by atoms with Crippen molar-refractivity contribution < 1.29 is 19.4 Å². The van der Waals surface area contributed by atoms with E-state index in [4.69, 9.17) is 15.2 Å². The number of carboxylic acids is 1. The Kier molecular flexibility index (Phi) is 4.99. The number of aromatic carboxylic acids is 1. The first-order chi connectivity index (χ1) is 12.5. The molecular formula is C19H22N2O5. The lowest BCUT2D eigenvalue weighted by Crippen LogP contribution is -2.29. The molecule has 0 saturated carbocycles. The largest absolute Gasteiger partial charge is 0.490 e. The number of nitrogens with zero attached hydrogens (tertiary/aromatic N) is 1. The van der Waals surface area contributed by atoms with Crippen LogP contribution in [0.1, 0.15) is 35.8 Å². The lowest BCUT2D eigenvalue weighted by molar-refractivity contribution is 0.0694. The zero-order chi connectivity index (χ0) is 18.8. The van der Waals surface area contributed by atoms with Gasteiger partial charge in [-0.05, 0) is 38.0 Å². The summed E-state index contributed by atoms with van der Waals surface area (Å²) < 4.78 is 13.2. The molecule has 3 rings (SSSR count). The first kappa shape index (κ1) is 18.0. The van der Waals surface area contributed by atoms with Gasteiger partial charge in [0.25, 0.3) is 0 Å². The highest BCUT2D eigenvalue weighted by Crippen LogP contribution is 2.40. The van der Waals surface area contributed by atoms with E-state index in [0.29, 0.717) is 43.4 Å². The Morgan fingerprint density at radius 1 is 1.23 bits per heavy atom. The second kappa shape index (κ2) is 7.21. The van der Waals surface area contributed by atoms with Crippen molar-refractivity contribution in [2.75, 3.05) is 19.8 Å². The minimum Gasteiger partial charge on any atom is -0.490 e. The molecule has 26 heavy (non-hydrogen) atoms. The van der Waals surface area contributed by atoms with Crippen molar-refractivity contribution in [3.63, 3.8) is 0 Å². The molecule has 7 heteroatoms. The van der Waals surface area contributed by atoms with Crippen molar-refractivity contribution in [2.24, 2.45) is 5.73 Å². The average Bonchev–Trinajstić information content (AvgIpc) is 2.61. The van der Waals surface area contributed by atoms with Crippen LogP contribution in [-0.4, -0.2) is 35.4 Å². The number of hydrogen-bond donors (Lipinski definition) is 2. The predicted molar refractivity (Wildman–Crippen MR) is 97.2 cm³/mol. The van der Waals surface area contributed by atoms with Crippen LogP contribution in [0.3, 0.4) is 0 Å². The SMILES string of the molecule is CCOc1cc2c(cc1OCC)-c1cc(=O)c(C(=O)O)cn1C(CN)C2. The van der Waals surface area contributed by atoms with Gasteiger partial charge in [-0.2, -0.15) is 0 Å². The van der Waals surface area contributed by atoms with Gasteiger partial charge in [0.1, 0.15) is 5.56 Å². The summed E-state index contributed by atoms with van der Waals surface area (Å²) in [4.78, 5) is 23.6. The Balaban J connectivity index is 2.24. The minimum absolute atomic E-state index is 0.136. The third-order valence-corrected chi connectivity index (χ3v) is 4.48. The van der Waals surface area contributed by atoms with Crippen molar-refractivity contribution in [1.82, 2.24) is 4.57 Å². The molecule has 1 aliphatic heterocycles. The molecular weight excluding hydrogens is 336 g/mol. The third kappa shape index (κ3) is 3.06. The maximum atomic E-state index is 12.2. The lowest BCUT2D eigenvalue weighted by atomic mass is 9.91. The molecule has 138 valence electrons. The summed E-state index contributed by atoms with van der Waals surface area (Å²) in [6, 6.07) is 5.00. The molecule has 0 aliphatic carbocycles. The van der Waals surface area contributed by atoms with Crippen molar-refractivity contribution >= 4 is 5.97 Å².